The number of hydrogen-bond donors (Lipinski definition) is 1. The van der Waals surface area contributed by atoms with Crippen molar-refractivity contribution in [3.8, 4) is 0 Å². The predicted molar refractivity (Wildman–Crippen MR) is 69.9 cm³/mol. The second kappa shape index (κ2) is 5.83. The van der Waals surface area contributed by atoms with Gasteiger partial charge in [-0.15, -0.1) is 0 Å². The zero-order valence-corrected chi connectivity index (χ0v) is 10.9. The zero-order chi connectivity index (χ0) is 12.3. The SMILES string of the molecule is CC(CCNC1CC1)Cc1cccc(Cl)c1F. The molecule has 0 amide bonds. The molecule has 17 heavy (non-hydrogen) atoms. The van der Waals surface area contributed by atoms with E-state index in [1.165, 1.54) is 12.8 Å². The van der Waals surface area contributed by atoms with Crippen LogP contribution in [-0.4, -0.2) is 12.6 Å². The number of nitrogens with one attached hydrogen (secondary N) is 1. The van der Waals surface area contributed by atoms with Gasteiger partial charge in [-0.1, -0.05) is 30.7 Å². The first kappa shape index (κ1) is 12.8. The largest absolute Gasteiger partial charge is 0.314 e. The highest BCUT2D eigenvalue weighted by Gasteiger charge is 2.20. The van der Waals surface area contributed by atoms with Gasteiger partial charge in [0.05, 0.1) is 5.02 Å². The van der Waals surface area contributed by atoms with Crippen molar-refractivity contribution in [3.05, 3.63) is 34.6 Å². The lowest BCUT2D eigenvalue weighted by Crippen LogP contribution is -2.20. The second-order valence-electron chi connectivity index (χ2n) is 5.04. The third-order valence-corrected chi connectivity index (χ3v) is 3.54. The first-order chi connectivity index (χ1) is 8.16. The average Bonchev–Trinajstić information content (AvgIpc) is 3.09. The van der Waals surface area contributed by atoms with Crippen molar-refractivity contribution in [1.29, 1.82) is 0 Å². The van der Waals surface area contributed by atoms with Crippen LogP contribution in [0.25, 0.3) is 0 Å². The number of halogens is 2. The molecule has 3 heteroatoms. The molecule has 1 aliphatic rings. The summed E-state index contributed by atoms with van der Waals surface area (Å²) in [6.45, 7) is 3.20. The average molecular weight is 256 g/mol. The summed E-state index contributed by atoms with van der Waals surface area (Å²) in [6.07, 6.45) is 4.48. The maximum atomic E-state index is 13.7. The summed E-state index contributed by atoms with van der Waals surface area (Å²) in [5.41, 5.74) is 0.733. The summed E-state index contributed by atoms with van der Waals surface area (Å²) in [4.78, 5) is 0. The van der Waals surface area contributed by atoms with E-state index < -0.39 is 0 Å². The second-order valence-corrected chi connectivity index (χ2v) is 5.45. The summed E-state index contributed by atoms with van der Waals surface area (Å²) in [5, 5.41) is 3.71. The van der Waals surface area contributed by atoms with Gasteiger partial charge in [0.15, 0.2) is 0 Å². The van der Waals surface area contributed by atoms with Gasteiger partial charge in [-0.3, -0.25) is 0 Å². The van der Waals surface area contributed by atoms with Gasteiger partial charge >= 0.3 is 0 Å². The van der Waals surface area contributed by atoms with Gasteiger partial charge in [-0.2, -0.15) is 0 Å². The normalized spacial score (nSPS) is 17.1. The van der Waals surface area contributed by atoms with Crippen LogP contribution in [0.3, 0.4) is 0 Å². The van der Waals surface area contributed by atoms with Crippen LogP contribution in [0.2, 0.25) is 5.02 Å². The number of benzene rings is 1. The van der Waals surface area contributed by atoms with Crippen LogP contribution in [0.1, 0.15) is 31.7 Å². The van der Waals surface area contributed by atoms with Crippen molar-refractivity contribution in [2.45, 2.75) is 38.6 Å². The lowest BCUT2D eigenvalue weighted by molar-refractivity contribution is 0.485. The molecule has 0 spiro atoms. The summed E-state index contributed by atoms with van der Waals surface area (Å²) < 4.78 is 13.7. The molecular formula is C14H19ClFN. The van der Waals surface area contributed by atoms with Gasteiger partial charge in [0.1, 0.15) is 5.82 Å². The van der Waals surface area contributed by atoms with E-state index in [2.05, 4.69) is 12.2 Å². The fourth-order valence-corrected chi connectivity index (χ4v) is 2.20. The van der Waals surface area contributed by atoms with Gasteiger partial charge in [0, 0.05) is 6.04 Å². The Labute approximate surface area is 107 Å². The summed E-state index contributed by atoms with van der Waals surface area (Å²) in [5.74, 6) is 0.227. The van der Waals surface area contributed by atoms with Crippen LogP contribution in [0.15, 0.2) is 18.2 Å². The quantitative estimate of drug-likeness (QED) is 0.815. The highest BCUT2D eigenvalue weighted by molar-refractivity contribution is 6.30. The molecule has 0 heterocycles. The molecule has 1 nitrogen and oxygen atoms in total. The Hall–Kier alpha value is -0.600. The highest BCUT2D eigenvalue weighted by Crippen LogP contribution is 2.22. The van der Waals surface area contributed by atoms with Crippen molar-refractivity contribution in [2.24, 2.45) is 5.92 Å². The lowest BCUT2D eigenvalue weighted by atomic mass is 9.98. The van der Waals surface area contributed by atoms with E-state index in [-0.39, 0.29) is 10.8 Å². The first-order valence-corrected chi connectivity index (χ1v) is 6.71. The lowest BCUT2D eigenvalue weighted by Gasteiger charge is -2.13. The van der Waals surface area contributed by atoms with E-state index in [9.17, 15) is 4.39 Å². The summed E-state index contributed by atoms with van der Waals surface area (Å²) in [7, 11) is 0. The van der Waals surface area contributed by atoms with Crippen molar-refractivity contribution in [2.75, 3.05) is 6.54 Å². The van der Waals surface area contributed by atoms with Crippen molar-refractivity contribution in [3.63, 3.8) is 0 Å². The minimum Gasteiger partial charge on any atom is -0.314 e. The Morgan fingerprint density at radius 3 is 2.94 bits per heavy atom. The van der Waals surface area contributed by atoms with Crippen molar-refractivity contribution < 1.29 is 4.39 Å². The van der Waals surface area contributed by atoms with Gasteiger partial charge in [0.25, 0.3) is 0 Å². The van der Waals surface area contributed by atoms with Gasteiger partial charge < -0.3 is 5.32 Å². The summed E-state index contributed by atoms with van der Waals surface area (Å²) in [6, 6.07) is 5.99. The molecule has 1 unspecified atom stereocenters. The van der Waals surface area contributed by atoms with Crippen molar-refractivity contribution >= 4 is 11.6 Å². The molecule has 1 aromatic carbocycles. The number of rotatable bonds is 6. The fourth-order valence-electron chi connectivity index (χ4n) is 2.00. The minimum absolute atomic E-state index is 0.228. The molecule has 0 aliphatic heterocycles. The Kier molecular flexibility index (Phi) is 4.41. The molecular weight excluding hydrogens is 237 g/mol. The van der Waals surface area contributed by atoms with Gasteiger partial charge in [-0.05, 0) is 49.8 Å². The molecule has 94 valence electrons. The third-order valence-electron chi connectivity index (χ3n) is 3.25. The van der Waals surface area contributed by atoms with Crippen LogP contribution in [0, 0.1) is 11.7 Å². The Balaban J connectivity index is 1.79. The predicted octanol–water partition coefficient (Wildman–Crippen LogP) is 3.80. The molecule has 0 bridgehead atoms. The molecule has 0 aromatic heterocycles. The van der Waals surface area contributed by atoms with Crippen LogP contribution >= 0.6 is 11.6 Å². The fraction of sp³-hybridized carbons (Fsp3) is 0.571. The van der Waals surface area contributed by atoms with E-state index in [0.29, 0.717) is 5.92 Å². The molecule has 1 saturated carbocycles. The van der Waals surface area contributed by atoms with Crippen molar-refractivity contribution in [1.82, 2.24) is 5.32 Å². The summed E-state index contributed by atoms with van der Waals surface area (Å²) >= 11 is 5.76. The van der Waals surface area contributed by atoms with Gasteiger partial charge in [0.2, 0.25) is 0 Å². The molecule has 1 N–H and O–H groups in total. The monoisotopic (exact) mass is 255 g/mol. The van der Waals surface area contributed by atoms with Crippen LogP contribution in [0.5, 0.6) is 0 Å². The Bertz CT molecular complexity index is 376. The van der Waals surface area contributed by atoms with Crippen LogP contribution in [-0.2, 0) is 6.42 Å². The van der Waals surface area contributed by atoms with Gasteiger partial charge in [-0.25, -0.2) is 4.39 Å². The van der Waals surface area contributed by atoms with E-state index >= 15 is 0 Å². The topological polar surface area (TPSA) is 12.0 Å². The molecule has 1 fully saturated rings. The third kappa shape index (κ3) is 3.97. The molecule has 1 aliphatic carbocycles. The molecule has 0 saturated heterocycles. The molecule has 0 radical (unpaired) electrons. The molecule has 2 rings (SSSR count). The standard InChI is InChI=1S/C14H19ClFN/c1-10(7-8-17-12-5-6-12)9-11-3-2-4-13(15)14(11)16/h2-4,10,12,17H,5-9H2,1H3. The highest BCUT2D eigenvalue weighted by atomic mass is 35.5. The zero-order valence-electron chi connectivity index (χ0n) is 10.2. The maximum Gasteiger partial charge on any atom is 0.144 e. The van der Waals surface area contributed by atoms with E-state index in [1.54, 1.807) is 6.07 Å². The Morgan fingerprint density at radius 1 is 1.47 bits per heavy atom. The van der Waals surface area contributed by atoms with E-state index in [4.69, 9.17) is 11.6 Å². The Morgan fingerprint density at radius 2 is 2.24 bits per heavy atom. The molecule has 1 aromatic rings. The first-order valence-electron chi connectivity index (χ1n) is 6.33. The molecule has 1 atom stereocenters. The van der Waals surface area contributed by atoms with E-state index in [0.717, 1.165) is 31.0 Å². The minimum atomic E-state index is -0.254. The smallest absolute Gasteiger partial charge is 0.144 e. The maximum absolute atomic E-state index is 13.7. The number of hydrogen-bond acceptors (Lipinski definition) is 1. The van der Waals surface area contributed by atoms with Crippen LogP contribution in [0.4, 0.5) is 4.39 Å². The van der Waals surface area contributed by atoms with E-state index in [1.807, 2.05) is 12.1 Å². The van der Waals surface area contributed by atoms with Crippen LogP contribution < -0.4 is 5.32 Å².